The second-order valence-electron chi connectivity index (χ2n) is 30.2. The molecule has 612 valence electrons. The monoisotopic (exact) mass is 1510 g/mol. The summed E-state index contributed by atoms with van der Waals surface area (Å²) in [5.41, 5.74) is 0. The molecule has 0 fully saturated rings. The topological polar surface area (TPSA) is 237 Å². The minimum Gasteiger partial charge on any atom is -0.462 e. The second-order valence-corrected chi connectivity index (χ2v) is 33.1. The Morgan fingerprint density at radius 1 is 0.233 bits per heavy atom. The largest absolute Gasteiger partial charge is 0.472 e. The fourth-order valence-corrected chi connectivity index (χ4v) is 14.7. The van der Waals surface area contributed by atoms with Crippen molar-refractivity contribution in [1.82, 2.24) is 0 Å². The molecule has 0 rings (SSSR count). The number of hydrogen-bond acceptors (Lipinski definition) is 15. The molecule has 0 aliphatic carbocycles. The van der Waals surface area contributed by atoms with Crippen molar-refractivity contribution < 1.29 is 80.2 Å². The molecule has 103 heavy (non-hydrogen) atoms. The Morgan fingerprint density at radius 3 is 0.573 bits per heavy atom. The molecule has 0 bridgehead atoms. The third-order valence-electron chi connectivity index (χ3n) is 19.9. The molecule has 19 heteroatoms. The number of phosphoric acid groups is 2. The van der Waals surface area contributed by atoms with Crippen LogP contribution >= 0.6 is 15.6 Å². The molecule has 0 spiro atoms. The lowest BCUT2D eigenvalue weighted by Gasteiger charge is -2.21. The van der Waals surface area contributed by atoms with E-state index in [2.05, 4.69) is 27.7 Å². The molecule has 2 unspecified atom stereocenters. The highest BCUT2D eigenvalue weighted by atomic mass is 31.2. The standard InChI is InChI=1S/C84H164O17P2/c1-5-9-13-17-21-25-29-33-36-39-40-43-47-51-55-59-63-67-71-84(89)101-80(75-95-82(87)69-65-61-57-53-49-45-41-37-34-30-26-22-18-14-10-6-2)77-99-103(92,93)97-73-78(85)72-96-102(90,91)98-76-79(74-94-81(86)68-64-60-56-52-48-44-32-28-24-20-16-12-8-4)100-83(88)70-66-62-58-54-50-46-42-38-35-31-27-23-19-15-11-7-3/h78-80,85H,5-77H2,1-4H3,(H,90,91)(H,92,93)/t78-,79+,80+/m0/s1. The van der Waals surface area contributed by atoms with Gasteiger partial charge in [0.05, 0.1) is 26.4 Å². The van der Waals surface area contributed by atoms with E-state index in [0.717, 1.165) is 89.9 Å². The van der Waals surface area contributed by atoms with Crippen LogP contribution in [0.3, 0.4) is 0 Å². The van der Waals surface area contributed by atoms with E-state index >= 15 is 0 Å². The third-order valence-corrected chi connectivity index (χ3v) is 21.8. The van der Waals surface area contributed by atoms with Crippen molar-refractivity contribution in [3.8, 4) is 0 Å². The third kappa shape index (κ3) is 78.0. The number of ether oxygens (including phenoxy) is 4. The predicted octanol–water partition coefficient (Wildman–Crippen LogP) is 25.7. The molecule has 0 amide bonds. The van der Waals surface area contributed by atoms with Crippen LogP contribution in [-0.4, -0.2) is 96.7 Å². The lowest BCUT2D eigenvalue weighted by molar-refractivity contribution is -0.161. The van der Waals surface area contributed by atoms with E-state index in [-0.39, 0.29) is 25.7 Å². The Morgan fingerprint density at radius 2 is 0.388 bits per heavy atom. The van der Waals surface area contributed by atoms with Crippen molar-refractivity contribution in [2.45, 2.75) is 476 Å². The fourth-order valence-electron chi connectivity index (χ4n) is 13.2. The maximum absolute atomic E-state index is 13.1. The summed E-state index contributed by atoms with van der Waals surface area (Å²) in [6.07, 6.45) is 72.0. The van der Waals surface area contributed by atoms with Crippen molar-refractivity contribution >= 4 is 39.5 Å². The number of unbranched alkanes of at least 4 members (excludes halogenated alkanes) is 59. The predicted molar refractivity (Wildman–Crippen MR) is 423 cm³/mol. The van der Waals surface area contributed by atoms with Gasteiger partial charge in [0.1, 0.15) is 19.3 Å². The summed E-state index contributed by atoms with van der Waals surface area (Å²) < 4.78 is 68.9. The molecule has 0 saturated heterocycles. The molecule has 0 aromatic carbocycles. The van der Waals surface area contributed by atoms with Gasteiger partial charge in [0, 0.05) is 25.7 Å². The van der Waals surface area contributed by atoms with Crippen molar-refractivity contribution in [2.75, 3.05) is 39.6 Å². The van der Waals surface area contributed by atoms with E-state index in [1.807, 2.05) is 0 Å². The van der Waals surface area contributed by atoms with E-state index in [0.29, 0.717) is 25.7 Å². The summed E-state index contributed by atoms with van der Waals surface area (Å²) in [4.78, 5) is 73.2. The molecule has 0 aliphatic rings. The SMILES string of the molecule is CCCCCCCCCCCCCCCCCCCCC(=O)O[C@H](COC(=O)CCCCCCCCCCCCCCCCCC)COP(=O)(O)OC[C@@H](O)COP(=O)(O)OC[C@@H](COC(=O)CCCCCCCCCCCCCCC)OC(=O)CCCCCCCCCCCCCCCCCC. The number of carbonyl (C=O) groups excluding carboxylic acids is 4. The molecule has 5 atom stereocenters. The number of phosphoric ester groups is 2. The van der Waals surface area contributed by atoms with Crippen LogP contribution in [0.1, 0.15) is 458 Å². The first kappa shape index (κ1) is 101. The Kier molecular flexibility index (Phi) is 76.7. The number of esters is 4. The zero-order valence-corrected chi connectivity index (χ0v) is 69.1. The van der Waals surface area contributed by atoms with Gasteiger partial charge in [-0.1, -0.05) is 407 Å². The second kappa shape index (κ2) is 78.2. The molecular weight excluding hydrogens is 1340 g/mol. The van der Waals surface area contributed by atoms with Crippen LogP contribution in [0, 0.1) is 0 Å². The summed E-state index contributed by atoms with van der Waals surface area (Å²) in [7, 11) is -9.92. The van der Waals surface area contributed by atoms with Gasteiger partial charge in [-0.05, 0) is 25.7 Å². The summed E-state index contributed by atoms with van der Waals surface area (Å²) >= 11 is 0. The minimum atomic E-state index is -4.96. The first-order valence-corrected chi connectivity index (χ1v) is 46.8. The molecule has 0 heterocycles. The van der Waals surface area contributed by atoms with Gasteiger partial charge in [0.15, 0.2) is 12.2 Å². The maximum Gasteiger partial charge on any atom is 0.472 e. The average molecular weight is 1510 g/mol. The molecule has 0 aromatic heterocycles. The smallest absolute Gasteiger partial charge is 0.462 e. The van der Waals surface area contributed by atoms with Crippen LogP contribution in [0.15, 0.2) is 0 Å². The van der Waals surface area contributed by atoms with Crippen LogP contribution in [0.25, 0.3) is 0 Å². The molecule has 0 radical (unpaired) electrons. The lowest BCUT2D eigenvalue weighted by atomic mass is 10.0. The average Bonchev–Trinajstić information content (AvgIpc) is 0.935. The van der Waals surface area contributed by atoms with Crippen LogP contribution < -0.4 is 0 Å². The first-order valence-electron chi connectivity index (χ1n) is 43.8. The van der Waals surface area contributed by atoms with Gasteiger partial charge < -0.3 is 33.8 Å². The summed E-state index contributed by atoms with van der Waals surface area (Å²) in [6.45, 7) is 5.06. The normalized spacial score (nSPS) is 13.7. The highest BCUT2D eigenvalue weighted by molar-refractivity contribution is 7.47. The molecule has 3 N–H and O–H groups in total. The summed E-state index contributed by atoms with van der Waals surface area (Å²) in [5, 5.41) is 10.7. The molecule has 17 nitrogen and oxygen atoms in total. The van der Waals surface area contributed by atoms with Gasteiger partial charge in [-0.2, -0.15) is 0 Å². The number of carbonyl (C=O) groups is 4. The zero-order valence-electron chi connectivity index (χ0n) is 67.3. The van der Waals surface area contributed by atoms with E-state index < -0.39 is 97.5 Å². The van der Waals surface area contributed by atoms with Crippen LogP contribution in [0.5, 0.6) is 0 Å². The maximum atomic E-state index is 13.1. The van der Waals surface area contributed by atoms with Crippen molar-refractivity contribution in [3.05, 3.63) is 0 Å². The first-order chi connectivity index (χ1) is 50.2. The quantitative estimate of drug-likeness (QED) is 0.0222. The van der Waals surface area contributed by atoms with Gasteiger partial charge in [-0.25, -0.2) is 9.13 Å². The van der Waals surface area contributed by atoms with E-state index in [1.165, 1.54) is 289 Å². The van der Waals surface area contributed by atoms with Crippen molar-refractivity contribution in [3.63, 3.8) is 0 Å². The van der Waals surface area contributed by atoms with Crippen molar-refractivity contribution in [2.24, 2.45) is 0 Å². The van der Waals surface area contributed by atoms with Crippen molar-refractivity contribution in [1.29, 1.82) is 0 Å². The highest BCUT2D eigenvalue weighted by Crippen LogP contribution is 2.45. The van der Waals surface area contributed by atoms with Crippen LogP contribution in [0.4, 0.5) is 0 Å². The Bertz CT molecular complexity index is 1950. The number of aliphatic hydroxyl groups excluding tert-OH is 1. The number of hydrogen-bond donors (Lipinski definition) is 3. The minimum absolute atomic E-state index is 0.109. The van der Waals surface area contributed by atoms with Crippen LogP contribution in [0.2, 0.25) is 0 Å². The zero-order chi connectivity index (χ0) is 75.3. The molecular formula is C84H164O17P2. The molecule has 0 saturated carbocycles. The van der Waals surface area contributed by atoms with Gasteiger partial charge in [0.2, 0.25) is 0 Å². The number of aliphatic hydroxyl groups is 1. The van der Waals surface area contributed by atoms with Gasteiger partial charge in [-0.3, -0.25) is 37.3 Å². The number of rotatable bonds is 85. The fraction of sp³-hybridized carbons (Fsp3) is 0.952. The van der Waals surface area contributed by atoms with Gasteiger partial charge in [-0.15, -0.1) is 0 Å². The highest BCUT2D eigenvalue weighted by Gasteiger charge is 2.30. The molecule has 0 aliphatic heterocycles. The Labute approximate surface area is 632 Å². The van der Waals surface area contributed by atoms with E-state index in [1.54, 1.807) is 0 Å². The van der Waals surface area contributed by atoms with Crippen LogP contribution in [-0.2, 0) is 65.4 Å². The lowest BCUT2D eigenvalue weighted by Crippen LogP contribution is -2.30. The molecule has 0 aromatic rings. The van der Waals surface area contributed by atoms with Gasteiger partial charge in [0.25, 0.3) is 0 Å². The summed E-state index contributed by atoms with van der Waals surface area (Å²) in [6, 6.07) is 0. The van der Waals surface area contributed by atoms with Gasteiger partial charge >= 0.3 is 39.5 Å². The Balaban J connectivity index is 5.26. The summed E-state index contributed by atoms with van der Waals surface area (Å²) in [5.74, 6) is -2.10. The van der Waals surface area contributed by atoms with E-state index in [9.17, 15) is 43.2 Å². The van der Waals surface area contributed by atoms with E-state index in [4.69, 9.17) is 37.0 Å². The Hall–Kier alpha value is -1.94.